The van der Waals surface area contributed by atoms with Crippen molar-refractivity contribution >= 4 is 22.7 Å². The Labute approximate surface area is 327 Å². The maximum absolute atomic E-state index is 14.6. The highest BCUT2D eigenvalue weighted by molar-refractivity contribution is 5.68. The molecule has 0 aliphatic carbocycles. The Morgan fingerprint density at radius 3 is 1.51 bits per heavy atom. The monoisotopic (exact) mass is 782 g/mol. The number of methoxy groups -OCH3 is 4. The average Bonchev–Trinajstić information content (AvgIpc) is 3.23. The van der Waals surface area contributed by atoms with Gasteiger partial charge in [-0.05, 0) is 43.3 Å². The topological polar surface area (TPSA) is 136 Å². The summed E-state index contributed by atoms with van der Waals surface area (Å²) in [6, 6.07) is 15.9. The maximum atomic E-state index is 14.6. The fraction of sp³-hybridized carbons (Fsp3) is 0.317. The number of benzene rings is 2. The Kier molecular flexibility index (Phi) is 11.5. The molecule has 1 atom stereocenters. The van der Waals surface area contributed by atoms with Crippen molar-refractivity contribution in [2.45, 2.75) is 13.0 Å². The van der Waals surface area contributed by atoms with Gasteiger partial charge < -0.3 is 39.4 Å². The number of nitrogens with one attached hydrogen (secondary N) is 2. The van der Waals surface area contributed by atoms with Gasteiger partial charge in [0.15, 0.2) is 23.0 Å². The summed E-state index contributed by atoms with van der Waals surface area (Å²) in [6.45, 7) is 8.32. The van der Waals surface area contributed by atoms with Gasteiger partial charge in [-0.3, -0.25) is 18.4 Å². The molecule has 2 aliphatic heterocycles. The van der Waals surface area contributed by atoms with Crippen LogP contribution in [0.5, 0.6) is 23.0 Å². The van der Waals surface area contributed by atoms with Crippen LogP contribution >= 0.6 is 0 Å². The van der Waals surface area contributed by atoms with Crippen LogP contribution in [0, 0.1) is 11.6 Å². The lowest BCUT2D eigenvalue weighted by Gasteiger charge is -2.33. The summed E-state index contributed by atoms with van der Waals surface area (Å²) in [5.74, 6) is 0.226. The number of hydrogen-bond acceptors (Lipinski definition) is 12. The first kappa shape index (κ1) is 39.0. The van der Waals surface area contributed by atoms with Gasteiger partial charge in [0.2, 0.25) is 0 Å². The number of hydrogen-bond donors (Lipinski definition) is 2. The second kappa shape index (κ2) is 16.9. The predicted molar refractivity (Wildman–Crippen MR) is 215 cm³/mol. The first-order chi connectivity index (χ1) is 27.6. The number of anilines is 2. The summed E-state index contributed by atoms with van der Waals surface area (Å²) in [7, 11) is 5.82. The molecule has 0 radical (unpaired) electrons. The lowest BCUT2D eigenvalue weighted by Crippen LogP contribution is -2.49. The molecule has 4 aromatic heterocycles. The van der Waals surface area contributed by atoms with Crippen molar-refractivity contribution in [3.8, 4) is 45.5 Å². The quantitative estimate of drug-likeness (QED) is 0.229. The fourth-order valence-corrected chi connectivity index (χ4v) is 7.02. The molecular weight excluding hydrogens is 738 g/mol. The molecule has 2 aliphatic rings. The maximum Gasteiger partial charge on any atom is 0.258 e. The van der Waals surface area contributed by atoms with E-state index in [-0.39, 0.29) is 45.1 Å². The lowest BCUT2D eigenvalue weighted by atomic mass is 10.1. The van der Waals surface area contributed by atoms with Crippen LogP contribution in [0.4, 0.5) is 20.2 Å². The van der Waals surface area contributed by atoms with Gasteiger partial charge in [-0.2, -0.15) is 0 Å². The third-order valence-electron chi connectivity index (χ3n) is 10.0. The van der Waals surface area contributed by atoms with E-state index in [1.807, 2.05) is 12.1 Å². The molecule has 298 valence electrons. The highest BCUT2D eigenvalue weighted by Crippen LogP contribution is 2.35. The molecule has 0 spiro atoms. The highest BCUT2D eigenvalue weighted by Gasteiger charge is 2.20. The number of fused-ring (bicyclic) bond motifs is 2. The van der Waals surface area contributed by atoms with Crippen LogP contribution in [-0.4, -0.2) is 99.1 Å². The van der Waals surface area contributed by atoms with Crippen LogP contribution in [0.25, 0.3) is 33.8 Å². The van der Waals surface area contributed by atoms with E-state index < -0.39 is 11.6 Å². The smallest absolute Gasteiger partial charge is 0.258 e. The Morgan fingerprint density at radius 2 is 1.05 bits per heavy atom. The van der Waals surface area contributed by atoms with Gasteiger partial charge >= 0.3 is 0 Å². The van der Waals surface area contributed by atoms with E-state index in [1.54, 1.807) is 24.5 Å². The minimum absolute atomic E-state index is 0.183. The summed E-state index contributed by atoms with van der Waals surface area (Å²) in [4.78, 5) is 38.9. The molecule has 0 bridgehead atoms. The number of halogens is 2. The minimum atomic E-state index is -0.537. The second-order valence-corrected chi connectivity index (χ2v) is 13.6. The van der Waals surface area contributed by atoms with E-state index in [1.165, 1.54) is 73.6 Å². The number of aromatic nitrogens is 4. The normalized spacial score (nSPS) is 15.6. The molecule has 6 aromatic rings. The SMILES string of the molecule is COc1cc(F)c(-c2cc(=O)n3cc(N4CCNCC4)ccc3n2)cc1OC.COc1cc(F)c(-c2cc(=O)n3cc(N4CCN[C@@H](C)C4)ccc3n2)cc1OC. The van der Waals surface area contributed by atoms with E-state index in [0.717, 1.165) is 57.2 Å². The molecule has 6 heterocycles. The molecular formula is C41H44F2N8O6. The zero-order valence-corrected chi connectivity index (χ0v) is 32.3. The van der Waals surface area contributed by atoms with E-state index in [0.29, 0.717) is 28.8 Å². The van der Waals surface area contributed by atoms with Crippen LogP contribution in [0.3, 0.4) is 0 Å². The number of piperazine rings is 2. The molecule has 0 saturated carbocycles. The summed E-state index contributed by atoms with van der Waals surface area (Å²) in [5.41, 5.74) is 3.14. The number of rotatable bonds is 8. The second-order valence-electron chi connectivity index (χ2n) is 13.6. The summed E-state index contributed by atoms with van der Waals surface area (Å²) in [5, 5.41) is 6.71. The third kappa shape index (κ3) is 8.18. The third-order valence-corrected chi connectivity index (χ3v) is 10.0. The van der Waals surface area contributed by atoms with Gasteiger partial charge in [0.1, 0.15) is 22.9 Å². The van der Waals surface area contributed by atoms with Gasteiger partial charge in [-0.15, -0.1) is 0 Å². The van der Waals surface area contributed by atoms with Gasteiger partial charge in [0.05, 0.1) is 51.2 Å². The molecule has 14 nitrogen and oxygen atoms in total. The Hall–Kier alpha value is -6.26. The summed E-state index contributed by atoms with van der Waals surface area (Å²) in [6.07, 6.45) is 3.57. The molecule has 0 unspecified atom stereocenters. The van der Waals surface area contributed by atoms with Crippen molar-refractivity contribution in [2.75, 3.05) is 84.1 Å². The molecule has 2 N–H and O–H groups in total. The van der Waals surface area contributed by atoms with Crippen molar-refractivity contribution in [2.24, 2.45) is 0 Å². The first-order valence-corrected chi connectivity index (χ1v) is 18.5. The first-order valence-electron chi connectivity index (χ1n) is 18.5. The van der Waals surface area contributed by atoms with Crippen LogP contribution in [-0.2, 0) is 0 Å². The predicted octanol–water partition coefficient (Wildman–Crippen LogP) is 4.24. The lowest BCUT2D eigenvalue weighted by molar-refractivity contribution is 0.352. The average molecular weight is 783 g/mol. The standard InChI is InChI=1S/C21H23FN4O3.C20H21FN4O3/c1-13-11-25(7-6-23-13)14-4-5-20-24-17(10-21(27)26(20)12-14)15-8-18(28-2)19(29-3)9-16(15)22;1-27-17-9-14(15(21)10-18(17)28-2)16-11-20(26)25-12-13(3-4-19(25)23-16)24-7-5-22-6-8-24/h4-5,8-10,12-13,23H,6-7,11H2,1-3H3;3-4,9-12,22H,5-8H2,1-2H3/t13-;/m0./s1. The van der Waals surface area contributed by atoms with Crippen molar-refractivity contribution < 1.29 is 27.7 Å². The Bertz CT molecular complexity index is 2540. The van der Waals surface area contributed by atoms with Crippen LogP contribution in [0.15, 0.2) is 82.6 Å². The number of ether oxygens (including phenoxy) is 4. The fourth-order valence-electron chi connectivity index (χ4n) is 7.02. The van der Waals surface area contributed by atoms with E-state index in [2.05, 4.69) is 37.3 Å². The Morgan fingerprint density at radius 1 is 0.614 bits per heavy atom. The van der Waals surface area contributed by atoms with Gasteiger partial charge in [0, 0.05) is 99.6 Å². The summed E-state index contributed by atoms with van der Waals surface area (Å²) >= 11 is 0. The van der Waals surface area contributed by atoms with Crippen LogP contribution < -0.4 is 50.5 Å². The van der Waals surface area contributed by atoms with Gasteiger partial charge in [-0.25, -0.2) is 18.7 Å². The molecule has 2 saturated heterocycles. The molecule has 0 amide bonds. The van der Waals surface area contributed by atoms with Crippen LogP contribution in [0.2, 0.25) is 0 Å². The summed E-state index contributed by atoms with van der Waals surface area (Å²) < 4.78 is 52.9. The van der Waals surface area contributed by atoms with Gasteiger partial charge in [0.25, 0.3) is 11.1 Å². The molecule has 57 heavy (non-hydrogen) atoms. The van der Waals surface area contributed by atoms with Crippen molar-refractivity contribution in [3.05, 3.63) is 105 Å². The van der Waals surface area contributed by atoms with Crippen LogP contribution in [0.1, 0.15) is 6.92 Å². The molecule has 8 rings (SSSR count). The largest absolute Gasteiger partial charge is 0.493 e. The molecule has 16 heteroatoms. The van der Waals surface area contributed by atoms with E-state index >= 15 is 0 Å². The highest BCUT2D eigenvalue weighted by atomic mass is 19.1. The molecule has 2 aromatic carbocycles. The van der Waals surface area contributed by atoms with Crippen molar-refractivity contribution in [1.82, 2.24) is 29.4 Å². The number of nitrogens with zero attached hydrogens (tertiary/aromatic N) is 6. The minimum Gasteiger partial charge on any atom is -0.493 e. The zero-order chi connectivity index (χ0) is 40.2. The van der Waals surface area contributed by atoms with E-state index in [9.17, 15) is 18.4 Å². The van der Waals surface area contributed by atoms with Gasteiger partial charge in [-0.1, -0.05) is 0 Å². The number of pyridine rings is 2. The Balaban J connectivity index is 0.000000174. The molecule has 2 fully saturated rings. The van der Waals surface area contributed by atoms with Crippen molar-refractivity contribution in [1.29, 1.82) is 0 Å². The van der Waals surface area contributed by atoms with E-state index in [4.69, 9.17) is 18.9 Å². The zero-order valence-electron chi connectivity index (χ0n) is 32.3. The van der Waals surface area contributed by atoms with Crippen molar-refractivity contribution in [3.63, 3.8) is 0 Å².